The van der Waals surface area contributed by atoms with Crippen molar-refractivity contribution >= 4 is 29.3 Å². The minimum Gasteiger partial charge on any atom is -0.494 e. The first-order valence-electron chi connectivity index (χ1n) is 6.41. The number of esters is 1. The van der Waals surface area contributed by atoms with Crippen LogP contribution in [-0.2, 0) is 9.53 Å². The predicted octanol–water partition coefficient (Wildman–Crippen LogP) is 2.68. The molecule has 2 rings (SSSR count). The predicted molar refractivity (Wildman–Crippen MR) is 81.1 cm³/mol. The summed E-state index contributed by atoms with van der Waals surface area (Å²) in [6, 6.07) is 6.66. The molecule has 1 heterocycles. The van der Waals surface area contributed by atoms with Gasteiger partial charge < -0.3 is 14.8 Å². The zero-order valence-electron chi connectivity index (χ0n) is 12.0. The number of benzene rings is 1. The van der Waals surface area contributed by atoms with E-state index in [-0.39, 0.29) is 17.1 Å². The molecule has 2 aromatic rings. The van der Waals surface area contributed by atoms with Crippen LogP contribution in [0, 0.1) is 5.82 Å². The second-order valence-electron chi connectivity index (χ2n) is 4.34. The van der Waals surface area contributed by atoms with E-state index in [0.29, 0.717) is 5.02 Å². The molecule has 1 aromatic heterocycles. The summed E-state index contributed by atoms with van der Waals surface area (Å²) in [5.41, 5.74) is -0.0271. The van der Waals surface area contributed by atoms with Crippen molar-refractivity contribution in [2.24, 2.45) is 0 Å². The average Bonchev–Trinajstić information content (AvgIpc) is 2.54. The first-order chi connectivity index (χ1) is 11.0. The molecule has 0 spiro atoms. The Bertz CT molecular complexity index is 722. The van der Waals surface area contributed by atoms with Gasteiger partial charge in [-0.05, 0) is 30.3 Å². The van der Waals surface area contributed by atoms with Crippen LogP contribution in [0.4, 0.5) is 10.2 Å². The van der Waals surface area contributed by atoms with Crippen LogP contribution in [0.1, 0.15) is 10.4 Å². The molecule has 0 aliphatic rings. The molecule has 120 valence electrons. The van der Waals surface area contributed by atoms with Gasteiger partial charge in [0.1, 0.15) is 5.82 Å². The Kier molecular flexibility index (Phi) is 5.48. The number of anilines is 1. The molecule has 1 amide bonds. The first kappa shape index (κ1) is 16.7. The van der Waals surface area contributed by atoms with E-state index in [9.17, 15) is 14.0 Å². The Hall–Kier alpha value is -2.67. The molecular formula is C15H12ClFN2O4. The van der Waals surface area contributed by atoms with Crippen LogP contribution in [0.5, 0.6) is 5.75 Å². The van der Waals surface area contributed by atoms with E-state index in [1.165, 1.54) is 31.5 Å². The number of nitrogens with one attached hydrogen (secondary N) is 1. The Morgan fingerprint density at radius 1 is 1.30 bits per heavy atom. The summed E-state index contributed by atoms with van der Waals surface area (Å²) in [4.78, 5) is 27.3. The quantitative estimate of drug-likeness (QED) is 0.848. The number of pyridine rings is 1. The third-order valence-electron chi connectivity index (χ3n) is 2.72. The van der Waals surface area contributed by atoms with Crippen LogP contribution < -0.4 is 10.1 Å². The summed E-state index contributed by atoms with van der Waals surface area (Å²) in [7, 11) is 1.31. The van der Waals surface area contributed by atoms with Crippen LogP contribution in [-0.4, -0.2) is 30.6 Å². The van der Waals surface area contributed by atoms with Gasteiger partial charge in [0.25, 0.3) is 5.91 Å². The van der Waals surface area contributed by atoms with E-state index >= 15 is 0 Å². The number of hydrogen-bond donors (Lipinski definition) is 1. The van der Waals surface area contributed by atoms with Gasteiger partial charge in [0.15, 0.2) is 18.2 Å². The van der Waals surface area contributed by atoms with Crippen molar-refractivity contribution in [3.63, 3.8) is 0 Å². The smallest absolute Gasteiger partial charge is 0.338 e. The normalized spacial score (nSPS) is 10.0. The summed E-state index contributed by atoms with van der Waals surface area (Å²) in [6.45, 7) is -0.531. The molecule has 0 bridgehead atoms. The van der Waals surface area contributed by atoms with Crippen LogP contribution >= 0.6 is 11.6 Å². The van der Waals surface area contributed by atoms with Crippen molar-refractivity contribution in [3.05, 3.63) is 52.9 Å². The van der Waals surface area contributed by atoms with Gasteiger partial charge >= 0.3 is 5.97 Å². The lowest BCUT2D eigenvalue weighted by Gasteiger charge is -2.07. The van der Waals surface area contributed by atoms with Gasteiger partial charge in [-0.2, -0.15) is 0 Å². The largest absolute Gasteiger partial charge is 0.494 e. The summed E-state index contributed by atoms with van der Waals surface area (Å²) in [5, 5.41) is 2.85. The zero-order valence-corrected chi connectivity index (χ0v) is 12.8. The molecule has 0 atom stereocenters. The average molecular weight is 339 g/mol. The fourth-order valence-electron chi connectivity index (χ4n) is 1.64. The monoisotopic (exact) mass is 338 g/mol. The molecule has 0 radical (unpaired) electrons. The molecular weight excluding hydrogens is 327 g/mol. The SMILES string of the molecule is COc1ccc(C(=O)OCC(=O)Nc2ccc(Cl)cn2)cc1F. The molecule has 23 heavy (non-hydrogen) atoms. The maximum Gasteiger partial charge on any atom is 0.338 e. The van der Waals surface area contributed by atoms with Crippen molar-refractivity contribution in [2.75, 3.05) is 19.0 Å². The van der Waals surface area contributed by atoms with Gasteiger partial charge in [-0.3, -0.25) is 4.79 Å². The number of methoxy groups -OCH3 is 1. The number of rotatable bonds is 5. The van der Waals surface area contributed by atoms with Crippen molar-refractivity contribution in [1.29, 1.82) is 0 Å². The zero-order chi connectivity index (χ0) is 16.8. The summed E-state index contributed by atoms with van der Waals surface area (Å²) >= 11 is 5.67. The highest BCUT2D eigenvalue weighted by atomic mass is 35.5. The molecule has 1 aromatic carbocycles. The lowest BCUT2D eigenvalue weighted by atomic mass is 10.2. The van der Waals surface area contributed by atoms with Crippen LogP contribution in [0.2, 0.25) is 5.02 Å². The van der Waals surface area contributed by atoms with E-state index in [1.807, 2.05) is 0 Å². The van der Waals surface area contributed by atoms with Crippen molar-refractivity contribution < 1.29 is 23.5 Å². The van der Waals surface area contributed by atoms with Crippen LogP contribution in [0.25, 0.3) is 0 Å². The Balaban J connectivity index is 1.89. The number of carbonyl (C=O) groups is 2. The third kappa shape index (κ3) is 4.65. The third-order valence-corrected chi connectivity index (χ3v) is 2.94. The molecule has 0 unspecified atom stereocenters. The topological polar surface area (TPSA) is 77.5 Å². The molecule has 0 fully saturated rings. The van der Waals surface area contributed by atoms with E-state index in [2.05, 4.69) is 10.3 Å². The Morgan fingerprint density at radius 3 is 2.70 bits per heavy atom. The molecule has 0 saturated heterocycles. The lowest BCUT2D eigenvalue weighted by molar-refractivity contribution is -0.119. The number of nitrogens with zero attached hydrogens (tertiary/aromatic N) is 1. The highest BCUT2D eigenvalue weighted by Gasteiger charge is 2.13. The number of ether oxygens (including phenoxy) is 2. The number of halogens is 2. The lowest BCUT2D eigenvalue weighted by Crippen LogP contribution is -2.21. The van der Waals surface area contributed by atoms with Crippen LogP contribution in [0.3, 0.4) is 0 Å². The summed E-state index contributed by atoms with van der Waals surface area (Å²) in [5.74, 6) is -1.83. The minimum atomic E-state index is -0.828. The number of aromatic nitrogens is 1. The maximum absolute atomic E-state index is 13.5. The standard InChI is InChI=1S/C15H12ClFN2O4/c1-22-12-4-2-9(6-11(12)17)15(21)23-8-14(20)19-13-5-3-10(16)7-18-13/h2-7H,8H2,1H3,(H,18,19,20). The highest BCUT2D eigenvalue weighted by Crippen LogP contribution is 2.18. The van der Waals surface area contributed by atoms with Gasteiger partial charge in [0.2, 0.25) is 0 Å². The van der Waals surface area contributed by atoms with Gasteiger partial charge in [-0.25, -0.2) is 14.2 Å². The number of amides is 1. The molecule has 0 aliphatic heterocycles. The van der Waals surface area contributed by atoms with Gasteiger partial charge in [-0.1, -0.05) is 11.6 Å². The van der Waals surface area contributed by atoms with E-state index in [0.717, 1.165) is 6.07 Å². The van der Waals surface area contributed by atoms with Crippen molar-refractivity contribution in [1.82, 2.24) is 4.98 Å². The van der Waals surface area contributed by atoms with Crippen molar-refractivity contribution in [2.45, 2.75) is 0 Å². The highest BCUT2D eigenvalue weighted by molar-refractivity contribution is 6.30. The summed E-state index contributed by atoms with van der Waals surface area (Å²) in [6.07, 6.45) is 1.36. The maximum atomic E-state index is 13.5. The van der Waals surface area contributed by atoms with Gasteiger partial charge in [0, 0.05) is 6.20 Å². The molecule has 0 aliphatic carbocycles. The molecule has 8 heteroatoms. The molecule has 0 saturated carbocycles. The van der Waals surface area contributed by atoms with E-state index < -0.39 is 24.3 Å². The fourth-order valence-corrected chi connectivity index (χ4v) is 1.75. The second-order valence-corrected chi connectivity index (χ2v) is 4.77. The van der Waals surface area contributed by atoms with Gasteiger partial charge in [0.05, 0.1) is 17.7 Å². The molecule has 1 N–H and O–H groups in total. The first-order valence-corrected chi connectivity index (χ1v) is 6.79. The molecule has 6 nitrogen and oxygen atoms in total. The Morgan fingerprint density at radius 2 is 2.09 bits per heavy atom. The second kappa shape index (κ2) is 7.55. The number of carbonyl (C=O) groups excluding carboxylic acids is 2. The van der Waals surface area contributed by atoms with E-state index in [4.69, 9.17) is 21.1 Å². The Labute approximate surface area is 136 Å². The summed E-state index contributed by atoms with van der Waals surface area (Å²) < 4.78 is 23.0. The van der Waals surface area contributed by atoms with Gasteiger partial charge in [-0.15, -0.1) is 0 Å². The number of hydrogen-bond acceptors (Lipinski definition) is 5. The fraction of sp³-hybridized carbons (Fsp3) is 0.133. The van der Waals surface area contributed by atoms with Crippen LogP contribution in [0.15, 0.2) is 36.5 Å². The van der Waals surface area contributed by atoms with E-state index in [1.54, 1.807) is 6.07 Å². The van der Waals surface area contributed by atoms with Crippen molar-refractivity contribution in [3.8, 4) is 5.75 Å². The minimum absolute atomic E-state index is 0.00751.